The zero-order valence-corrected chi connectivity index (χ0v) is 7.35. The second-order valence-electron chi connectivity index (χ2n) is 2.93. The lowest BCUT2D eigenvalue weighted by Gasteiger charge is -2.18. The van der Waals surface area contributed by atoms with Crippen LogP contribution < -0.4 is 16.0 Å². The van der Waals surface area contributed by atoms with E-state index in [-0.39, 0.29) is 6.03 Å². The van der Waals surface area contributed by atoms with E-state index in [2.05, 4.69) is 16.0 Å². The highest BCUT2D eigenvalue weighted by Gasteiger charge is 2.12. The largest absolute Gasteiger partial charge is 0.388 e. The quantitative estimate of drug-likeness (QED) is 0.606. The number of amides is 2. The van der Waals surface area contributed by atoms with E-state index in [0.717, 1.165) is 16.9 Å². The molecule has 0 saturated carbocycles. The molecule has 4 nitrogen and oxygen atoms in total. The summed E-state index contributed by atoms with van der Waals surface area (Å²) in [5.74, 6) is 0. The molecule has 0 unspecified atom stereocenters. The van der Waals surface area contributed by atoms with Crippen molar-refractivity contribution in [1.29, 1.82) is 0 Å². The van der Waals surface area contributed by atoms with Crippen LogP contribution >= 0.6 is 0 Å². The predicted octanol–water partition coefficient (Wildman–Crippen LogP) is 1.36. The number of rotatable bonds is 1. The number of hydrogen-bond acceptors (Lipinski definition) is 2. The molecular formula is C9H11N3O. The monoisotopic (exact) mass is 177 g/mol. The summed E-state index contributed by atoms with van der Waals surface area (Å²) in [6, 6.07) is 5.76. The van der Waals surface area contributed by atoms with Crippen molar-refractivity contribution in [2.75, 3.05) is 17.7 Å². The fourth-order valence-electron chi connectivity index (χ4n) is 1.34. The molecule has 0 saturated heterocycles. The lowest BCUT2D eigenvalue weighted by atomic mass is 10.1. The highest BCUT2D eigenvalue weighted by Crippen LogP contribution is 2.22. The third-order valence-corrected chi connectivity index (χ3v) is 2.09. The van der Waals surface area contributed by atoms with Crippen LogP contribution in [-0.2, 0) is 6.54 Å². The van der Waals surface area contributed by atoms with E-state index in [1.165, 1.54) is 0 Å². The van der Waals surface area contributed by atoms with E-state index < -0.39 is 0 Å². The number of carbonyl (C=O) groups excluding carboxylic acids is 1. The Kier molecular flexibility index (Phi) is 1.81. The zero-order valence-electron chi connectivity index (χ0n) is 7.35. The van der Waals surface area contributed by atoms with Crippen LogP contribution in [0.5, 0.6) is 0 Å². The minimum absolute atomic E-state index is 0.138. The van der Waals surface area contributed by atoms with Gasteiger partial charge in [0.25, 0.3) is 0 Å². The summed E-state index contributed by atoms with van der Waals surface area (Å²) in [6.07, 6.45) is 0. The summed E-state index contributed by atoms with van der Waals surface area (Å²) in [7, 11) is 1.85. The van der Waals surface area contributed by atoms with Crippen LogP contribution in [0.3, 0.4) is 0 Å². The van der Waals surface area contributed by atoms with E-state index in [1.807, 2.05) is 25.2 Å². The molecule has 0 aliphatic carbocycles. The van der Waals surface area contributed by atoms with Gasteiger partial charge in [-0.1, -0.05) is 6.07 Å². The van der Waals surface area contributed by atoms with Gasteiger partial charge in [0.1, 0.15) is 0 Å². The molecule has 2 rings (SSSR count). The van der Waals surface area contributed by atoms with Crippen molar-refractivity contribution < 1.29 is 4.79 Å². The van der Waals surface area contributed by atoms with Crippen molar-refractivity contribution in [2.24, 2.45) is 0 Å². The van der Waals surface area contributed by atoms with Gasteiger partial charge in [-0.15, -0.1) is 0 Å². The number of carbonyl (C=O) groups is 1. The molecule has 3 N–H and O–H groups in total. The molecule has 0 spiro atoms. The number of anilines is 2. The Morgan fingerprint density at radius 2 is 2.31 bits per heavy atom. The Morgan fingerprint density at radius 3 is 3.08 bits per heavy atom. The first-order chi connectivity index (χ1) is 6.29. The maximum absolute atomic E-state index is 11.0. The molecule has 1 heterocycles. The number of hydrogen-bond donors (Lipinski definition) is 3. The molecule has 0 bridgehead atoms. The van der Waals surface area contributed by atoms with Gasteiger partial charge in [-0.25, -0.2) is 4.79 Å². The van der Waals surface area contributed by atoms with Gasteiger partial charge in [0.05, 0.1) is 0 Å². The molecule has 68 valence electrons. The molecule has 2 amide bonds. The van der Waals surface area contributed by atoms with Crippen molar-refractivity contribution in [3.63, 3.8) is 0 Å². The molecule has 1 aromatic rings. The number of fused-ring (bicyclic) bond motifs is 1. The molecule has 1 aliphatic heterocycles. The van der Waals surface area contributed by atoms with E-state index in [4.69, 9.17) is 0 Å². The summed E-state index contributed by atoms with van der Waals surface area (Å²) in [6.45, 7) is 0.602. The summed E-state index contributed by atoms with van der Waals surface area (Å²) in [5, 5.41) is 8.47. The molecule has 1 aliphatic rings. The van der Waals surface area contributed by atoms with Crippen molar-refractivity contribution >= 4 is 17.4 Å². The lowest BCUT2D eigenvalue weighted by molar-refractivity contribution is 0.251. The highest BCUT2D eigenvalue weighted by molar-refractivity contribution is 5.92. The molecule has 4 heteroatoms. The summed E-state index contributed by atoms with van der Waals surface area (Å²) < 4.78 is 0. The van der Waals surface area contributed by atoms with Gasteiger partial charge >= 0.3 is 6.03 Å². The Bertz CT molecular complexity index is 349. The first-order valence-electron chi connectivity index (χ1n) is 4.15. The second-order valence-corrected chi connectivity index (χ2v) is 2.93. The zero-order chi connectivity index (χ0) is 9.26. The van der Waals surface area contributed by atoms with Gasteiger partial charge in [0.2, 0.25) is 0 Å². The van der Waals surface area contributed by atoms with Gasteiger partial charge in [0.15, 0.2) is 0 Å². The Balaban J connectivity index is 2.38. The molecule has 1 aromatic carbocycles. The second kappa shape index (κ2) is 2.97. The average molecular weight is 177 g/mol. The van der Waals surface area contributed by atoms with E-state index >= 15 is 0 Å². The standard InChI is InChI=1S/C9H11N3O/c1-10-7-3-2-6-5-11-9(13)12-8(6)4-7/h2-4,10H,5H2,1H3,(H2,11,12,13). The van der Waals surface area contributed by atoms with Crippen LogP contribution in [0.1, 0.15) is 5.56 Å². The van der Waals surface area contributed by atoms with Crippen LogP contribution in [0.4, 0.5) is 16.2 Å². The Morgan fingerprint density at radius 1 is 1.46 bits per heavy atom. The average Bonchev–Trinajstić information content (AvgIpc) is 2.16. The van der Waals surface area contributed by atoms with E-state index in [9.17, 15) is 4.79 Å². The third-order valence-electron chi connectivity index (χ3n) is 2.09. The minimum Gasteiger partial charge on any atom is -0.388 e. The van der Waals surface area contributed by atoms with Crippen molar-refractivity contribution in [3.8, 4) is 0 Å². The van der Waals surface area contributed by atoms with Crippen molar-refractivity contribution in [2.45, 2.75) is 6.54 Å². The molecule has 0 aromatic heterocycles. The van der Waals surface area contributed by atoms with Crippen LogP contribution in [0, 0.1) is 0 Å². The summed E-state index contributed by atoms with van der Waals surface area (Å²) in [5.41, 5.74) is 3.00. The predicted molar refractivity (Wildman–Crippen MR) is 51.8 cm³/mol. The van der Waals surface area contributed by atoms with Gasteiger partial charge < -0.3 is 16.0 Å². The van der Waals surface area contributed by atoms with Crippen molar-refractivity contribution in [1.82, 2.24) is 5.32 Å². The maximum Gasteiger partial charge on any atom is 0.319 e. The molecule has 0 atom stereocenters. The number of urea groups is 1. The number of benzene rings is 1. The Labute approximate surface area is 76.3 Å². The normalized spacial score (nSPS) is 14.1. The first-order valence-corrected chi connectivity index (χ1v) is 4.15. The minimum atomic E-state index is -0.138. The Hall–Kier alpha value is -1.71. The van der Waals surface area contributed by atoms with Gasteiger partial charge in [-0.2, -0.15) is 0 Å². The molecule has 13 heavy (non-hydrogen) atoms. The van der Waals surface area contributed by atoms with Crippen LogP contribution in [0.2, 0.25) is 0 Å². The third kappa shape index (κ3) is 1.42. The highest BCUT2D eigenvalue weighted by atomic mass is 16.2. The van der Waals surface area contributed by atoms with E-state index in [1.54, 1.807) is 0 Å². The number of nitrogens with one attached hydrogen (secondary N) is 3. The molecule has 0 radical (unpaired) electrons. The van der Waals surface area contributed by atoms with E-state index in [0.29, 0.717) is 6.54 Å². The van der Waals surface area contributed by atoms with Crippen molar-refractivity contribution in [3.05, 3.63) is 23.8 Å². The summed E-state index contributed by atoms with van der Waals surface area (Å²) in [4.78, 5) is 11.0. The topological polar surface area (TPSA) is 53.2 Å². The molecular weight excluding hydrogens is 166 g/mol. The van der Waals surface area contributed by atoms with Gasteiger partial charge in [0, 0.05) is 25.0 Å². The fraction of sp³-hybridized carbons (Fsp3) is 0.222. The van der Waals surface area contributed by atoms with Crippen LogP contribution in [0.15, 0.2) is 18.2 Å². The summed E-state index contributed by atoms with van der Waals surface area (Å²) >= 11 is 0. The molecule has 0 fully saturated rings. The van der Waals surface area contributed by atoms with Crippen LogP contribution in [-0.4, -0.2) is 13.1 Å². The first kappa shape index (κ1) is 7.91. The maximum atomic E-state index is 11.0. The van der Waals surface area contributed by atoms with Gasteiger partial charge in [-0.3, -0.25) is 0 Å². The fourth-order valence-corrected chi connectivity index (χ4v) is 1.34. The SMILES string of the molecule is CNc1ccc2c(c1)NC(=O)NC2. The van der Waals surface area contributed by atoms with Crippen LogP contribution in [0.25, 0.3) is 0 Å². The lowest BCUT2D eigenvalue weighted by Crippen LogP contribution is -2.33. The van der Waals surface area contributed by atoms with Gasteiger partial charge in [-0.05, 0) is 17.7 Å². The smallest absolute Gasteiger partial charge is 0.319 e.